The van der Waals surface area contributed by atoms with E-state index < -0.39 is 17.8 Å². The van der Waals surface area contributed by atoms with Gasteiger partial charge in [0, 0.05) is 10.9 Å². The number of ether oxygens (including phenoxy) is 2. The van der Waals surface area contributed by atoms with Crippen molar-refractivity contribution in [1.82, 2.24) is 10.3 Å². The third kappa shape index (κ3) is 6.23. The van der Waals surface area contributed by atoms with Crippen LogP contribution in [0.1, 0.15) is 16.8 Å². The molecule has 2 aromatic carbocycles. The zero-order chi connectivity index (χ0) is 23.8. The number of hydrogen-bond acceptors (Lipinski definition) is 7. The lowest BCUT2D eigenvalue weighted by Gasteiger charge is -2.18. The van der Waals surface area contributed by atoms with Crippen molar-refractivity contribution in [3.05, 3.63) is 59.2 Å². The summed E-state index contributed by atoms with van der Waals surface area (Å²) >= 11 is 2.79. The molecule has 7 nitrogen and oxygen atoms in total. The monoisotopic (exact) mass is 489 g/mol. The fourth-order valence-corrected chi connectivity index (χ4v) is 4.25. The lowest BCUT2D eigenvalue weighted by molar-refractivity contribution is -0.118. The lowest BCUT2D eigenvalue weighted by Crippen LogP contribution is -2.44. The largest absolute Gasteiger partial charge is 0.496 e. The zero-order valence-corrected chi connectivity index (χ0v) is 20.0. The molecule has 1 atom stereocenters. The Bertz CT molecular complexity index is 1120. The highest BCUT2D eigenvalue weighted by molar-refractivity contribution is 7.98. The van der Waals surface area contributed by atoms with E-state index in [-0.39, 0.29) is 11.7 Å². The van der Waals surface area contributed by atoms with Crippen molar-refractivity contribution in [1.29, 1.82) is 0 Å². The van der Waals surface area contributed by atoms with Crippen molar-refractivity contribution >= 4 is 40.0 Å². The second-order valence-corrected chi connectivity index (χ2v) is 8.73. The maximum Gasteiger partial charge on any atom is 0.255 e. The molecule has 1 aromatic heterocycles. The molecule has 0 saturated heterocycles. The number of rotatable bonds is 10. The minimum absolute atomic E-state index is 0.143. The second kappa shape index (κ2) is 11.7. The van der Waals surface area contributed by atoms with Gasteiger partial charge in [0.25, 0.3) is 5.91 Å². The molecule has 33 heavy (non-hydrogen) atoms. The highest BCUT2D eigenvalue weighted by atomic mass is 32.2. The molecule has 0 fully saturated rings. The SMILES string of the molecule is COc1ccc(-c2csc(NC(=O)C(CCSC)NC(=O)c3ccccc3OC)n2)cc1F. The number of amides is 2. The van der Waals surface area contributed by atoms with Gasteiger partial charge in [0.1, 0.15) is 11.8 Å². The molecule has 3 aromatic rings. The van der Waals surface area contributed by atoms with Crippen LogP contribution in [0.2, 0.25) is 0 Å². The summed E-state index contributed by atoms with van der Waals surface area (Å²) in [7, 11) is 2.88. The van der Waals surface area contributed by atoms with Crippen LogP contribution in [0, 0.1) is 5.82 Å². The van der Waals surface area contributed by atoms with E-state index in [2.05, 4.69) is 15.6 Å². The predicted molar refractivity (Wildman–Crippen MR) is 130 cm³/mol. The predicted octanol–water partition coefficient (Wildman–Crippen LogP) is 4.46. The van der Waals surface area contributed by atoms with Gasteiger partial charge in [-0.2, -0.15) is 11.8 Å². The summed E-state index contributed by atoms with van der Waals surface area (Å²) in [5, 5.41) is 7.63. The Labute approximate surface area is 199 Å². The Morgan fingerprint density at radius 2 is 1.91 bits per heavy atom. The van der Waals surface area contributed by atoms with Crippen molar-refractivity contribution in [2.45, 2.75) is 12.5 Å². The van der Waals surface area contributed by atoms with E-state index in [1.165, 1.54) is 37.7 Å². The minimum Gasteiger partial charge on any atom is -0.496 e. The molecule has 0 aliphatic rings. The van der Waals surface area contributed by atoms with E-state index in [1.54, 1.807) is 47.5 Å². The Balaban J connectivity index is 1.72. The highest BCUT2D eigenvalue weighted by Gasteiger charge is 2.23. The molecule has 0 saturated carbocycles. The summed E-state index contributed by atoms with van der Waals surface area (Å²) in [6, 6.07) is 10.6. The number of carbonyl (C=O) groups is 2. The van der Waals surface area contributed by atoms with Gasteiger partial charge in [-0.05, 0) is 48.8 Å². The van der Waals surface area contributed by atoms with Crippen LogP contribution in [0.5, 0.6) is 11.5 Å². The molecule has 10 heteroatoms. The van der Waals surface area contributed by atoms with Crippen LogP contribution in [0.4, 0.5) is 9.52 Å². The van der Waals surface area contributed by atoms with Gasteiger partial charge in [-0.15, -0.1) is 11.3 Å². The van der Waals surface area contributed by atoms with Crippen LogP contribution in [0.15, 0.2) is 47.8 Å². The maximum atomic E-state index is 14.0. The maximum absolute atomic E-state index is 14.0. The Morgan fingerprint density at radius 3 is 2.61 bits per heavy atom. The van der Waals surface area contributed by atoms with Gasteiger partial charge in [0.15, 0.2) is 16.7 Å². The first kappa shape index (κ1) is 24.5. The van der Waals surface area contributed by atoms with E-state index in [9.17, 15) is 14.0 Å². The van der Waals surface area contributed by atoms with Crippen LogP contribution < -0.4 is 20.1 Å². The topological polar surface area (TPSA) is 89.6 Å². The molecule has 3 rings (SSSR count). The number of carbonyl (C=O) groups excluding carboxylic acids is 2. The van der Waals surface area contributed by atoms with Crippen LogP contribution in [-0.4, -0.2) is 49.1 Å². The molecular formula is C23H24FN3O4S2. The second-order valence-electron chi connectivity index (χ2n) is 6.88. The molecule has 0 radical (unpaired) electrons. The number of thioether (sulfide) groups is 1. The number of para-hydroxylation sites is 1. The highest BCUT2D eigenvalue weighted by Crippen LogP contribution is 2.28. The van der Waals surface area contributed by atoms with Crippen molar-refractivity contribution in [3.63, 3.8) is 0 Å². The number of halogens is 1. The van der Waals surface area contributed by atoms with Gasteiger partial charge in [0.05, 0.1) is 25.5 Å². The summed E-state index contributed by atoms with van der Waals surface area (Å²) in [6.07, 6.45) is 2.37. The number of thiazole rings is 1. The van der Waals surface area contributed by atoms with E-state index in [0.29, 0.717) is 39.9 Å². The van der Waals surface area contributed by atoms with E-state index in [1.807, 2.05) is 6.26 Å². The normalized spacial score (nSPS) is 11.5. The van der Waals surface area contributed by atoms with E-state index in [0.717, 1.165) is 0 Å². The Kier molecular flexibility index (Phi) is 8.67. The molecule has 0 aliphatic heterocycles. The summed E-state index contributed by atoms with van der Waals surface area (Å²) in [5.74, 6) is -0.0280. The number of methoxy groups -OCH3 is 2. The number of aromatic nitrogens is 1. The molecule has 2 amide bonds. The van der Waals surface area contributed by atoms with Crippen LogP contribution in [0.25, 0.3) is 11.3 Å². The van der Waals surface area contributed by atoms with Crippen molar-refractivity contribution in [2.24, 2.45) is 0 Å². The van der Waals surface area contributed by atoms with Gasteiger partial charge in [-0.25, -0.2) is 9.37 Å². The molecule has 2 N–H and O–H groups in total. The first-order valence-electron chi connectivity index (χ1n) is 10.00. The standard InChI is InChI=1S/C23H24FN3O4S2/c1-30-19-7-5-4-6-15(19)21(28)25-17(10-11-32-3)22(29)27-23-26-18(13-33-23)14-8-9-20(31-2)16(24)12-14/h4-9,12-13,17H,10-11H2,1-3H3,(H,25,28)(H,26,27,29). The third-order valence-corrected chi connectivity index (χ3v) is 6.17. The smallest absolute Gasteiger partial charge is 0.255 e. The van der Waals surface area contributed by atoms with Gasteiger partial charge in [-0.3, -0.25) is 9.59 Å². The fraction of sp³-hybridized carbons (Fsp3) is 0.261. The number of hydrogen-bond donors (Lipinski definition) is 2. The average Bonchev–Trinajstić information content (AvgIpc) is 3.29. The van der Waals surface area contributed by atoms with Gasteiger partial charge in [-0.1, -0.05) is 12.1 Å². The first-order valence-corrected chi connectivity index (χ1v) is 12.3. The molecule has 1 heterocycles. The third-order valence-electron chi connectivity index (χ3n) is 4.77. The number of anilines is 1. The van der Waals surface area contributed by atoms with Crippen molar-refractivity contribution in [2.75, 3.05) is 31.5 Å². The van der Waals surface area contributed by atoms with Crippen LogP contribution in [0.3, 0.4) is 0 Å². The van der Waals surface area contributed by atoms with Gasteiger partial charge < -0.3 is 20.1 Å². The van der Waals surface area contributed by atoms with E-state index in [4.69, 9.17) is 9.47 Å². The lowest BCUT2D eigenvalue weighted by atomic mass is 10.1. The van der Waals surface area contributed by atoms with Gasteiger partial charge in [0.2, 0.25) is 5.91 Å². The first-order chi connectivity index (χ1) is 16.0. The summed E-state index contributed by atoms with van der Waals surface area (Å²) in [4.78, 5) is 30.1. The zero-order valence-electron chi connectivity index (χ0n) is 18.4. The average molecular weight is 490 g/mol. The summed E-state index contributed by atoms with van der Waals surface area (Å²) in [6.45, 7) is 0. The Hall–Kier alpha value is -3.11. The minimum atomic E-state index is -0.763. The Morgan fingerprint density at radius 1 is 1.15 bits per heavy atom. The number of nitrogens with zero attached hydrogens (tertiary/aromatic N) is 1. The van der Waals surface area contributed by atoms with Gasteiger partial charge >= 0.3 is 0 Å². The van der Waals surface area contributed by atoms with Crippen molar-refractivity contribution in [3.8, 4) is 22.8 Å². The van der Waals surface area contributed by atoms with Crippen LogP contribution >= 0.6 is 23.1 Å². The molecule has 0 bridgehead atoms. The van der Waals surface area contributed by atoms with Crippen molar-refractivity contribution < 1.29 is 23.5 Å². The number of benzene rings is 2. The fourth-order valence-electron chi connectivity index (χ4n) is 3.05. The molecule has 1 unspecified atom stereocenters. The molecule has 0 aliphatic carbocycles. The van der Waals surface area contributed by atoms with Crippen LogP contribution in [-0.2, 0) is 4.79 Å². The van der Waals surface area contributed by atoms with E-state index >= 15 is 0 Å². The summed E-state index contributed by atoms with van der Waals surface area (Å²) in [5.41, 5.74) is 1.43. The molecule has 174 valence electrons. The number of nitrogens with one attached hydrogen (secondary N) is 2. The molecule has 0 spiro atoms. The quantitative estimate of drug-likeness (QED) is 0.437. The summed E-state index contributed by atoms with van der Waals surface area (Å²) < 4.78 is 24.2. The molecular weight excluding hydrogens is 465 g/mol.